The number of aromatic nitrogens is 1. The smallest absolute Gasteiger partial charge is 0.419 e. The summed E-state index contributed by atoms with van der Waals surface area (Å²) < 4.78 is 46.9. The number of ether oxygens (including phenoxy) is 1. The van der Waals surface area contributed by atoms with E-state index in [0.717, 1.165) is 28.6 Å². The van der Waals surface area contributed by atoms with Gasteiger partial charge in [0.05, 0.1) is 17.7 Å². The molecule has 1 aromatic heterocycles. The first-order valence-electron chi connectivity index (χ1n) is 9.86. The Balaban J connectivity index is 2.01. The van der Waals surface area contributed by atoms with E-state index in [1.54, 1.807) is 6.07 Å². The lowest BCUT2D eigenvalue weighted by Crippen LogP contribution is -2.14. The van der Waals surface area contributed by atoms with E-state index in [0.29, 0.717) is 11.5 Å². The quantitative estimate of drug-likeness (QED) is 0.433. The SMILES string of the molecule is Cc1cc(-c2ccc(OCC(C)CC(C)C)c(C(F)(F)F)c2)c2ccccc2n1. The van der Waals surface area contributed by atoms with Crippen molar-refractivity contribution in [2.45, 2.75) is 40.3 Å². The molecular formula is C24H26F3NO. The molecule has 0 aliphatic carbocycles. The Morgan fingerprint density at radius 3 is 2.41 bits per heavy atom. The molecule has 0 saturated heterocycles. The van der Waals surface area contributed by atoms with Gasteiger partial charge in [0.25, 0.3) is 0 Å². The average Bonchev–Trinajstić information content (AvgIpc) is 2.64. The van der Waals surface area contributed by atoms with Crippen molar-refractivity contribution in [2.24, 2.45) is 11.8 Å². The number of alkyl halides is 3. The van der Waals surface area contributed by atoms with E-state index < -0.39 is 11.7 Å². The summed E-state index contributed by atoms with van der Waals surface area (Å²) in [5.74, 6) is 0.538. The van der Waals surface area contributed by atoms with Crippen LogP contribution in [0.1, 0.15) is 38.4 Å². The molecule has 0 radical (unpaired) electrons. The number of hydrogen-bond acceptors (Lipinski definition) is 2. The van der Waals surface area contributed by atoms with Crippen LogP contribution in [0.2, 0.25) is 0 Å². The Labute approximate surface area is 169 Å². The van der Waals surface area contributed by atoms with Gasteiger partial charge >= 0.3 is 6.18 Å². The van der Waals surface area contributed by atoms with Gasteiger partial charge in [0, 0.05) is 11.1 Å². The Kier molecular flexibility index (Phi) is 6.15. The first-order chi connectivity index (χ1) is 13.6. The van der Waals surface area contributed by atoms with Gasteiger partial charge < -0.3 is 4.74 Å². The molecule has 3 rings (SSSR count). The topological polar surface area (TPSA) is 22.1 Å². The molecule has 0 amide bonds. The van der Waals surface area contributed by atoms with Crippen molar-refractivity contribution in [3.8, 4) is 16.9 Å². The highest BCUT2D eigenvalue weighted by atomic mass is 19.4. The average molecular weight is 401 g/mol. The summed E-state index contributed by atoms with van der Waals surface area (Å²) in [5, 5.41) is 0.824. The number of hydrogen-bond donors (Lipinski definition) is 0. The highest BCUT2D eigenvalue weighted by Gasteiger charge is 2.35. The Morgan fingerprint density at radius 1 is 1.00 bits per heavy atom. The van der Waals surface area contributed by atoms with Gasteiger partial charge in [0.2, 0.25) is 0 Å². The van der Waals surface area contributed by atoms with E-state index in [-0.39, 0.29) is 18.3 Å². The lowest BCUT2D eigenvalue weighted by molar-refractivity contribution is -0.139. The monoisotopic (exact) mass is 401 g/mol. The summed E-state index contributed by atoms with van der Waals surface area (Å²) in [5.41, 5.74) is 2.01. The zero-order valence-electron chi connectivity index (χ0n) is 17.2. The van der Waals surface area contributed by atoms with Crippen LogP contribution in [-0.4, -0.2) is 11.6 Å². The minimum absolute atomic E-state index is 0.119. The minimum Gasteiger partial charge on any atom is -0.493 e. The van der Waals surface area contributed by atoms with Crippen molar-refractivity contribution in [2.75, 3.05) is 6.61 Å². The molecular weight excluding hydrogens is 375 g/mol. The fourth-order valence-corrected chi connectivity index (χ4v) is 3.70. The minimum atomic E-state index is -4.50. The fourth-order valence-electron chi connectivity index (χ4n) is 3.70. The highest BCUT2D eigenvalue weighted by Crippen LogP contribution is 2.40. The molecule has 0 spiro atoms. The first kappa shape index (κ1) is 21.2. The van der Waals surface area contributed by atoms with Crippen LogP contribution >= 0.6 is 0 Å². The summed E-state index contributed by atoms with van der Waals surface area (Å²) in [4.78, 5) is 4.48. The molecule has 0 bridgehead atoms. The third-order valence-corrected chi connectivity index (χ3v) is 4.84. The van der Waals surface area contributed by atoms with Crippen LogP contribution < -0.4 is 4.74 Å². The van der Waals surface area contributed by atoms with Crippen LogP contribution in [0.15, 0.2) is 48.5 Å². The van der Waals surface area contributed by atoms with Gasteiger partial charge in [0.1, 0.15) is 5.75 Å². The second kappa shape index (κ2) is 8.44. The number of halogens is 3. The molecule has 29 heavy (non-hydrogen) atoms. The molecule has 154 valence electrons. The zero-order valence-corrected chi connectivity index (χ0v) is 17.2. The predicted octanol–water partition coefficient (Wildman–Crippen LogP) is 7.29. The van der Waals surface area contributed by atoms with Crippen molar-refractivity contribution >= 4 is 10.9 Å². The van der Waals surface area contributed by atoms with Crippen LogP contribution in [-0.2, 0) is 6.18 Å². The van der Waals surface area contributed by atoms with Gasteiger partial charge in [-0.25, -0.2) is 0 Å². The molecule has 3 aromatic rings. The fraction of sp³-hybridized carbons (Fsp3) is 0.375. The summed E-state index contributed by atoms with van der Waals surface area (Å²) in [6.07, 6.45) is -3.59. The van der Waals surface area contributed by atoms with Crippen molar-refractivity contribution in [3.63, 3.8) is 0 Å². The van der Waals surface area contributed by atoms with Crippen LogP contribution in [0.25, 0.3) is 22.0 Å². The van der Waals surface area contributed by atoms with Crippen LogP contribution in [0.4, 0.5) is 13.2 Å². The first-order valence-corrected chi connectivity index (χ1v) is 9.86. The van der Waals surface area contributed by atoms with Gasteiger partial charge in [-0.05, 0) is 60.6 Å². The lowest BCUT2D eigenvalue weighted by atomic mass is 9.97. The van der Waals surface area contributed by atoms with Gasteiger partial charge in [-0.1, -0.05) is 45.0 Å². The molecule has 1 heterocycles. The summed E-state index contributed by atoms with van der Waals surface area (Å²) in [6.45, 7) is 8.28. The summed E-state index contributed by atoms with van der Waals surface area (Å²) in [7, 11) is 0. The van der Waals surface area contributed by atoms with E-state index in [1.165, 1.54) is 12.1 Å². The normalized spacial score (nSPS) is 13.1. The third-order valence-electron chi connectivity index (χ3n) is 4.84. The summed E-state index contributed by atoms with van der Waals surface area (Å²) in [6, 6.07) is 13.6. The van der Waals surface area contributed by atoms with Crippen molar-refractivity contribution in [1.82, 2.24) is 4.98 Å². The van der Waals surface area contributed by atoms with Crippen molar-refractivity contribution in [3.05, 3.63) is 59.8 Å². The predicted molar refractivity (Wildman–Crippen MR) is 111 cm³/mol. The molecule has 0 N–H and O–H groups in total. The van der Waals surface area contributed by atoms with Gasteiger partial charge in [-0.2, -0.15) is 13.2 Å². The Hall–Kier alpha value is -2.56. The number of nitrogens with zero attached hydrogens (tertiary/aromatic N) is 1. The molecule has 1 atom stereocenters. The van der Waals surface area contributed by atoms with E-state index in [9.17, 15) is 13.2 Å². The second-order valence-electron chi connectivity index (χ2n) is 8.08. The number of para-hydroxylation sites is 1. The van der Waals surface area contributed by atoms with Gasteiger partial charge in [-0.3, -0.25) is 4.98 Å². The van der Waals surface area contributed by atoms with Crippen LogP contribution in [0.3, 0.4) is 0 Å². The molecule has 0 aliphatic rings. The van der Waals surface area contributed by atoms with Crippen molar-refractivity contribution < 1.29 is 17.9 Å². The molecule has 2 aromatic carbocycles. The molecule has 2 nitrogen and oxygen atoms in total. The zero-order chi connectivity index (χ0) is 21.2. The summed E-state index contributed by atoms with van der Waals surface area (Å²) >= 11 is 0. The third kappa shape index (κ3) is 5.08. The maximum absolute atomic E-state index is 13.8. The molecule has 0 saturated carbocycles. The van der Waals surface area contributed by atoms with E-state index in [4.69, 9.17) is 4.74 Å². The van der Waals surface area contributed by atoms with E-state index in [2.05, 4.69) is 18.8 Å². The number of rotatable bonds is 6. The number of fused-ring (bicyclic) bond motifs is 1. The second-order valence-corrected chi connectivity index (χ2v) is 8.08. The molecule has 0 fully saturated rings. The van der Waals surface area contributed by atoms with Gasteiger partial charge in [0.15, 0.2) is 0 Å². The Bertz CT molecular complexity index is 995. The van der Waals surface area contributed by atoms with E-state index >= 15 is 0 Å². The number of aryl methyl sites for hydroxylation is 1. The Morgan fingerprint density at radius 2 is 1.72 bits per heavy atom. The van der Waals surface area contributed by atoms with Gasteiger partial charge in [-0.15, -0.1) is 0 Å². The van der Waals surface area contributed by atoms with Crippen LogP contribution in [0, 0.1) is 18.8 Å². The largest absolute Gasteiger partial charge is 0.493 e. The number of pyridine rings is 1. The molecule has 5 heteroatoms. The van der Waals surface area contributed by atoms with E-state index in [1.807, 2.05) is 44.2 Å². The maximum atomic E-state index is 13.8. The van der Waals surface area contributed by atoms with Crippen LogP contribution in [0.5, 0.6) is 5.75 Å². The standard InChI is InChI=1S/C24H26F3NO/c1-15(2)11-16(3)14-29-23-10-9-18(13-21(23)24(25,26)27)20-12-17(4)28-22-8-6-5-7-19(20)22/h5-10,12-13,15-16H,11,14H2,1-4H3. The highest BCUT2D eigenvalue weighted by molar-refractivity contribution is 5.94. The van der Waals surface area contributed by atoms with Crippen molar-refractivity contribution in [1.29, 1.82) is 0 Å². The molecule has 0 aliphatic heterocycles. The molecule has 1 unspecified atom stereocenters. The lowest BCUT2D eigenvalue weighted by Gasteiger charge is -2.19. The maximum Gasteiger partial charge on any atom is 0.419 e. The number of benzene rings is 2.